The van der Waals surface area contributed by atoms with Crippen molar-refractivity contribution in [3.63, 3.8) is 0 Å². The van der Waals surface area contributed by atoms with E-state index in [0.717, 1.165) is 40.2 Å². The molecular formula is C15H15BrN4. The van der Waals surface area contributed by atoms with Gasteiger partial charge < -0.3 is 10.3 Å². The number of hydrogen-bond acceptors (Lipinski definition) is 3. The first-order valence-corrected chi connectivity index (χ1v) is 7.52. The lowest BCUT2D eigenvalue weighted by Gasteiger charge is -2.04. The Hall–Kier alpha value is -1.64. The maximum Gasteiger partial charge on any atom is 0.124 e. The predicted octanol–water partition coefficient (Wildman–Crippen LogP) is 3.33. The molecular weight excluding hydrogens is 316 g/mol. The molecule has 0 aliphatic carbocycles. The Kier molecular flexibility index (Phi) is 3.86. The van der Waals surface area contributed by atoms with Crippen LogP contribution in [0.15, 0.2) is 28.7 Å². The summed E-state index contributed by atoms with van der Waals surface area (Å²) in [5.41, 5.74) is 2.83. The van der Waals surface area contributed by atoms with Gasteiger partial charge in [0, 0.05) is 10.0 Å². The second-order valence-corrected chi connectivity index (χ2v) is 5.86. The number of aromatic nitrogens is 2. The predicted molar refractivity (Wildman–Crippen MR) is 81.0 cm³/mol. The number of imidazole rings is 1. The van der Waals surface area contributed by atoms with Gasteiger partial charge in [0.2, 0.25) is 0 Å². The molecule has 0 saturated carbocycles. The van der Waals surface area contributed by atoms with Gasteiger partial charge in [0.05, 0.1) is 29.9 Å². The van der Waals surface area contributed by atoms with Gasteiger partial charge in [-0.15, -0.1) is 0 Å². The summed E-state index contributed by atoms with van der Waals surface area (Å²) in [6.45, 7) is 1.03. The van der Waals surface area contributed by atoms with Crippen LogP contribution in [0.2, 0.25) is 0 Å². The van der Waals surface area contributed by atoms with Crippen molar-refractivity contribution in [2.75, 3.05) is 6.54 Å². The van der Waals surface area contributed by atoms with E-state index < -0.39 is 0 Å². The third kappa shape index (κ3) is 2.62. The minimum atomic E-state index is 0.289. The van der Waals surface area contributed by atoms with Crippen molar-refractivity contribution in [2.24, 2.45) is 0 Å². The molecule has 1 aromatic carbocycles. The highest BCUT2D eigenvalue weighted by atomic mass is 79.9. The first-order valence-electron chi connectivity index (χ1n) is 6.73. The van der Waals surface area contributed by atoms with E-state index in [1.54, 1.807) is 0 Å². The van der Waals surface area contributed by atoms with Crippen molar-refractivity contribution in [1.82, 2.24) is 15.3 Å². The normalized spacial score (nSPS) is 18.1. The fraction of sp³-hybridized carbons (Fsp3) is 0.333. The van der Waals surface area contributed by atoms with Crippen LogP contribution in [0.25, 0.3) is 11.3 Å². The molecule has 1 atom stereocenters. The van der Waals surface area contributed by atoms with Gasteiger partial charge in [-0.05, 0) is 31.5 Å². The summed E-state index contributed by atoms with van der Waals surface area (Å²) >= 11 is 3.44. The molecule has 0 radical (unpaired) electrons. The zero-order valence-electron chi connectivity index (χ0n) is 11.0. The Bertz CT molecular complexity index is 633. The fourth-order valence-electron chi connectivity index (χ4n) is 2.57. The topological polar surface area (TPSA) is 64.5 Å². The van der Waals surface area contributed by atoms with Crippen molar-refractivity contribution < 1.29 is 0 Å². The molecule has 0 spiro atoms. The van der Waals surface area contributed by atoms with Crippen molar-refractivity contribution in [3.05, 3.63) is 40.3 Å². The van der Waals surface area contributed by atoms with Crippen molar-refractivity contribution in [2.45, 2.75) is 25.3 Å². The molecule has 1 aliphatic heterocycles. The van der Waals surface area contributed by atoms with Gasteiger partial charge in [-0.25, -0.2) is 4.98 Å². The lowest BCUT2D eigenvalue weighted by Crippen LogP contribution is -2.14. The minimum absolute atomic E-state index is 0.289. The first kappa shape index (κ1) is 13.3. The van der Waals surface area contributed by atoms with E-state index in [2.05, 4.69) is 32.3 Å². The van der Waals surface area contributed by atoms with Crippen LogP contribution < -0.4 is 5.32 Å². The van der Waals surface area contributed by atoms with Crippen LogP contribution in [-0.4, -0.2) is 16.5 Å². The minimum Gasteiger partial charge on any atom is -0.343 e. The van der Waals surface area contributed by atoms with E-state index in [1.165, 1.54) is 6.42 Å². The molecule has 4 nitrogen and oxygen atoms in total. The lowest BCUT2D eigenvalue weighted by atomic mass is 10.1. The Labute approximate surface area is 126 Å². The van der Waals surface area contributed by atoms with Gasteiger partial charge in [-0.2, -0.15) is 5.26 Å². The molecule has 1 aliphatic rings. The second-order valence-electron chi connectivity index (χ2n) is 4.94. The number of rotatable bonds is 3. The van der Waals surface area contributed by atoms with E-state index in [1.807, 2.05) is 24.3 Å². The van der Waals surface area contributed by atoms with Crippen molar-refractivity contribution in [3.8, 4) is 17.3 Å². The second kappa shape index (κ2) is 5.78. The van der Waals surface area contributed by atoms with Gasteiger partial charge in [0.15, 0.2) is 0 Å². The van der Waals surface area contributed by atoms with Crippen LogP contribution in [0.5, 0.6) is 0 Å². The van der Waals surface area contributed by atoms with Crippen LogP contribution in [0.4, 0.5) is 0 Å². The molecule has 5 heteroatoms. The zero-order valence-corrected chi connectivity index (χ0v) is 12.6. The molecule has 2 N–H and O–H groups in total. The number of benzene rings is 1. The molecule has 2 aromatic rings. The smallest absolute Gasteiger partial charge is 0.124 e. The molecule has 102 valence electrons. The summed E-state index contributed by atoms with van der Waals surface area (Å²) in [6.07, 6.45) is 2.62. The Morgan fingerprint density at radius 2 is 2.15 bits per heavy atom. The van der Waals surface area contributed by atoms with Gasteiger partial charge in [-0.3, -0.25) is 0 Å². The molecule has 1 saturated heterocycles. The van der Waals surface area contributed by atoms with Gasteiger partial charge in [0.25, 0.3) is 0 Å². The third-order valence-electron chi connectivity index (χ3n) is 3.56. The molecule has 3 rings (SSSR count). The number of nitrogens with zero attached hydrogens (tertiary/aromatic N) is 2. The average Bonchev–Trinajstić information content (AvgIpc) is 3.09. The molecule has 0 bridgehead atoms. The Morgan fingerprint density at radius 3 is 2.80 bits per heavy atom. The van der Waals surface area contributed by atoms with Gasteiger partial charge in [0.1, 0.15) is 5.82 Å². The van der Waals surface area contributed by atoms with Gasteiger partial charge >= 0.3 is 0 Å². The summed E-state index contributed by atoms with van der Waals surface area (Å²) in [7, 11) is 0. The summed E-state index contributed by atoms with van der Waals surface area (Å²) in [5, 5.41) is 12.4. The maximum absolute atomic E-state index is 8.99. The van der Waals surface area contributed by atoms with E-state index in [-0.39, 0.29) is 6.04 Å². The summed E-state index contributed by atoms with van der Waals surface area (Å²) < 4.78 is 1.04. The molecule has 1 unspecified atom stereocenters. The highest BCUT2D eigenvalue weighted by Gasteiger charge is 2.21. The van der Waals surface area contributed by atoms with Crippen LogP contribution in [0.1, 0.15) is 30.4 Å². The lowest BCUT2D eigenvalue weighted by molar-refractivity contribution is 0.611. The van der Waals surface area contributed by atoms with Crippen LogP contribution in [-0.2, 0) is 6.42 Å². The standard InChI is InChI=1S/C15H15BrN4/c16-11-5-3-10(4-6-11)14-12(7-8-17)19-15(20-14)13-2-1-9-18-13/h3-6,13,18H,1-2,7,9H2,(H,19,20). The number of aromatic amines is 1. The monoisotopic (exact) mass is 330 g/mol. The third-order valence-corrected chi connectivity index (χ3v) is 4.09. The van der Waals surface area contributed by atoms with E-state index in [9.17, 15) is 0 Å². The molecule has 1 aromatic heterocycles. The van der Waals surface area contributed by atoms with E-state index in [0.29, 0.717) is 6.42 Å². The van der Waals surface area contributed by atoms with Crippen molar-refractivity contribution in [1.29, 1.82) is 5.26 Å². The fourth-order valence-corrected chi connectivity index (χ4v) is 2.83. The zero-order chi connectivity index (χ0) is 13.9. The summed E-state index contributed by atoms with van der Waals surface area (Å²) in [6, 6.07) is 10.5. The number of nitrogens with one attached hydrogen (secondary N) is 2. The molecule has 2 heterocycles. The van der Waals surface area contributed by atoms with Crippen LogP contribution in [0.3, 0.4) is 0 Å². The number of H-pyrrole nitrogens is 1. The summed E-state index contributed by atoms with van der Waals surface area (Å²) in [4.78, 5) is 8.06. The first-order chi connectivity index (χ1) is 9.78. The van der Waals surface area contributed by atoms with E-state index in [4.69, 9.17) is 10.2 Å². The maximum atomic E-state index is 8.99. The molecule has 0 amide bonds. The molecule has 20 heavy (non-hydrogen) atoms. The Balaban J connectivity index is 1.99. The number of hydrogen-bond donors (Lipinski definition) is 2. The quantitative estimate of drug-likeness (QED) is 0.907. The largest absolute Gasteiger partial charge is 0.343 e. The molecule has 1 fully saturated rings. The van der Waals surface area contributed by atoms with Gasteiger partial charge in [-0.1, -0.05) is 28.1 Å². The van der Waals surface area contributed by atoms with E-state index >= 15 is 0 Å². The van der Waals surface area contributed by atoms with Crippen LogP contribution >= 0.6 is 15.9 Å². The van der Waals surface area contributed by atoms with Crippen LogP contribution in [0, 0.1) is 11.3 Å². The highest BCUT2D eigenvalue weighted by molar-refractivity contribution is 9.10. The number of nitriles is 1. The number of halogens is 1. The Morgan fingerprint density at radius 1 is 1.35 bits per heavy atom. The van der Waals surface area contributed by atoms with Crippen molar-refractivity contribution >= 4 is 15.9 Å². The highest BCUT2D eigenvalue weighted by Crippen LogP contribution is 2.28. The average molecular weight is 331 g/mol. The SMILES string of the molecule is N#CCc1[nH]c(C2CCCN2)nc1-c1ccc(Br)cc1. The summed E-state index contributed by atoms with van der Waals surface area (Å²) in [5.74, 6) is 0.950.